The fourth-order valence-electron chi connectivity index (χ4n) is 3.60. The van der Waals surface area contributed by atoms with Crippen molar-refractivity contribution in [3.05, 3.63) is 82.4 Å². The van der Waals surface area contributed by atoms with E-state index in [2.05, 4.69) is 0 Å². The summed E-state index contributed by atoms with van der Waals surface area (Å²) < 4.78 is 6.10. The number of carbonyl (C=O) groups is 1. The minimum absolute atomic E-state index is 0.0694. The summed E-state index contributed by atoms with van der Waals surface area (Å²) in [6.45, 7) is 1.98. The molecule has 1 unspecified atom stereocenters. The first-order valence-electron chi connectivity index (χ1n) is 9.04. The molecule has 0 amide bonds. The number of aromatic hydroxyl groups is 3. The molecule has 1 atom stereocenters. The highest BCUT2D eigenvalue weighted by molar-refractivity contribution is 6.03. The third-order valence-electron chi connectivity index (χ3n) is 4.98. The molecule has 5 heteroatoms. The van der Waals surface area contributed by atoms with Gasteiger partial charge in [0.05, 0.1) is 6.42 Å². The Kier molecular flexibility index (Phi) is 4.43. The lowest BCUT2D eigenvalue weighted by Crippen LogP contribution is -2.21. The van der Waals surface area contributed by atoms with Gasteiger partial charge in [0.15, 0.2) is 5.78 Å². The molecule has 5 nitrogen and oxygen atoms in total. The van der Waals surface area contributed by atoms with Crippen molar-refractivity contribution in [3.63, 3.8) is 0 Å². The Labute approximate surface area is 162 Å². The molecule has 3 N–H and O–H groups in total. The van der Waals surface area contributed by atoms with Crippen LogP contribution in [0.3, 0.4) is 0 Å². The fraction of sp³-hybridized carbons (Fsp3) is 0.174. The van der Waals surface area contributed by atoms with Crippen molar-refractivity contribution in [2.45, 2.75) is 25.9 Å². The first kappa shape index (κ1) is 17.9. The van der Waals surface area contributed by atoms with Gasteiger partial charge in [-0.25, -0.2) is 0 Å². The largest absolute Gasteiger partial charge is 0.508 e. The standard InChI is InChI=1S/C23H20O5/c1-13-3-2-4-14(9-13)10-17-18(25)11-19(26)22-20(27)12-21(28-23(17)22)15-5-7-16(24)8-6-15/h2-9,11,21,24-26H,10,12H2,1H3. The second-order valence-corrected chi connectivity index (χ2v) is 7.09. The van der Waals surface area contributed by atoms with E-state index in [4.69, 9.17) is 4.74 Å². The summed E-state index contributed by atoms with van der Waals surface area (Å²) in [6, 6.07) is 15.5. The van der Waals surface area contributed by atoms with Gasteiger partial charge in [-0.05, 0) is 30.2 Å². The average Bonchev–Trinajstić information content (AvgIpc) is 2.65. The molecule has 3 aromatic rings. The van der Waals surface area contributed by atoms with Crippen LogP contribution in [0.4, 0.5) is 0 Å². The third-order valence-corrected chi connectivity index (χ3v) is 4.98. The number of aryl methyl sites for hydroxylation is 1. The van der Waals surface area contributed by atoms with Crippen molar-refractivity contribution in [1.82, 2.24) is 0 Å². The van der Waals surface area contributed by atoms with Crippen LogP contribution >= 0.6 is 0 Å². The Morgan fingerprint density at radius 3 is 2.46 bits per heavy atom. The average molecular weight is 376 g/mol. The van der Waals surface area contributed by atoms with Crippen LogP contribution in [0.5, 0.6) is 23.0 Å². The third kappa shape index (κ3) is 3.27. The lowest BCUT2D eigenvalue weighted by atomic mass is 9.91. The molecule has 0 saturated heterocycles. The van der Waals surface area contributed by atoms with Gasteiger partial charge >= 0.3 is 0 Å². The van der Waals surface area contributed by atoms with E-state index < -0.39 is 6.10 Å². The first-order valence-corrected chi connectivity index (χ1v) is 9.04. The number of benzene rings is 3. The number of rotatable bonds is 3. The second-order valence-electron chi connectivity index (χ2n) is 7.09. The highest BCUT2D eigenvalue weighted by Crippen LogP contribution is 2.46. The Hall–Kier alpha value is -3.47. The SMILES string of the molecule is Cc1cccc(Cc2c(O)cc(O)c3c2OC(c2ccc(O)cc2)CC3=O)c1. The molecule has 4 rings (SSSR count). The molecular weight excluding hydrogens is 356 g/mol. The number of carbonyl (C=O) groups excluding carboxylic acids is 1. The molecule has 3 aromatic carbocycles. The van der Waals surface area contributed by atoms with Crippen molar-refractivity contribution in [2.75, 3.05) is 0 Å². The summed E-state index contributed by atoms with van der Waals surface area (Å²) in [5.74, 6) is -0.302. The van der Waals surface area contributed by atoms with Gasteiger partial charge in [0.2, 0.25) is 0 Å². The number of Topliss-reactive ketones (excluding diaryl/α,β-unsaturated/α-hetero) is 1. The topological polar surface area (TPSA) is 87.0 Å². The number of hydrogen-bond donors (Lipinski definition) is 3. The molecule has 1 aliphatic rings. The minimum Gasteiger partial charge on any atom is -0.508 e. The van der Waals surface area contributed by atoms with Crippen LogP contribution in [-0.2, 0) is 6.42 Å². The fourth-order valence-corrected chi connectivity index (χ4v) is 3.60. The molecule has 142 valence electrons. The van der Waals surface area contributed by atoms with Crippen molar-refractivity contribution in [2.24, 2.45) is 0 Å². The lowest BCUT2D eigenvalue weighted by Gasteiger charge is -2.28. The Bertz CT molecular complexity index is 1050. The molecule has 0 fully saturated rings. The van der Waals surface area contributed by atoms with E-state index in [9.17, 15) is 20.1 Å². The van der Waals surface area contributed by atoms with Gasteiger partial charge in [0.25, 0.3) is 0 Å². The summed E-state index contributed by atoms with van der Waals surface area (Å²) in [5, 5.41) is 30.2. The van der Waals surface area contributed by atoms with Gasteiger partial charge in [-0.2, -0.15) is 0 Å². The van der Waals surface area contributed by atoms with Crippen molar-refractivity contribution in [3.8, 4) is 23.0 Å². The zero-order chi connectivity index (χ0) is 19.8. The smallest absolute Gasteiger partial charge is 0.174 e. The van der Waals surface area contributed by atoms with Gasteiger partial charge in [-0.1, -0.05) is 42.0 Å². The monoisotopic (exact) mass is 376 g/mol. The minimum atomic E-state index is -0.557. The Morgan fingerprint density at radius 2 is 1.75 bits per heavy atom. The van der Waals surface area contributed by atoms with Crippen LogP contribution < -0.4 is 4.74 Å². The Morgan fingerprint density at radius 1 is 1.00 bits per heavy atom. The molecule has 0 bridgehead atoms. The molecule has 0 saturated carbocycles. The van der Waals surface area contributed by atoms with Crippen LogP contribution in [0.25, 0.3) is 0 Å². The molecule has 1 aliphatic heterocycles. The Balaban J connectivity index is 1.78. The van der Waals surface area contributed by atoms with E-state index >= 15 is 0 Å². The van der Waals surface area contributed by atoms with Crippen LogP contribution in [0.2, 0.25) is 0 Å². The molecule has 0 spiro atoms. The van der Waals surface area contributed by atoms with Gasteiger partial charge in [0.1, 0.15) is 34.7 Å². The molecule has 0 radical (unpaired) electrons. The van der Waals surface area contributed by atoms with Crippen LogP contribution in [0, 0.1) is 6.92 Å². The van der Waals surface area contributed by atoms with E-state index in [-0.39, 0.29) is 40.8 Å². The summed E-state index contributed by atoms with van der Waals surface area (Å²) in [5.41, 5.74) is 3.36. The number of phenols is 3. The van der Waals surface area contributed by atoms with Crippen molar-refractivity contribution < 1.29 is 24.9 Å². The lowest BCUT2D eigenvalue weighted by molar-refractivity contribution is 0.0842. The van der Waals surface area contributed by atoms with E-state index in [1.54, 1.807) is 12.1 Å². The highest BCUT2D eigenvalue weighted by Gasteiger charge is 2.33. The maximum atomic E-state index is 12.8. The maximum Gasteiger partial charge on any atom is 0.174 e. The number of fused-ring (bicyclic) bond motifs is 1. The summed E-state index contributed by atoms with van der Waals surface area (Å²) in [4.78, 5) is 12.8. The molecule has 28 heavy (non-hydrogen) atoms. The molecule has 1 heterocycles. The van der Waals surface area contributed by atoms with Gasteiger partial charge < -0.3 is 20.1 Å². The van der Waals surface area contributed by atoms with E-state index in [1.807, 2.05) is 31.2 Å². The summed E-state index contributed by atoms with van der Waals surface area (Å²) in [7, 11) is 0. The van der Waals surface area contributed by atoms with Crippen molar-refractivity contribution >= 4 is 5.78 Å². The molecule has 0 aliphatic carbocycles. The number of ketones is 1. The zero-order valence-electron chi connectivity index (χ0n) is 15.3. The van der Waals surface area contributed by atoms with E-state index in [1.165, 1.54) is 18.2 Å². The predicted octanol–water partition coefficient (Wildman–Crippen LogP) is 4.41. The molecular formula is C23H20O5. The predicted molar refractivity (Wildman–Crippen MR) is 104 cm³/mol. The first-order chi connectivity index (χ1) is 13.4. The van der Waals surface area contributed by atoms with Crippen LogP contribution in [0.1, 0.15) is 45.1 Å². The van der Waals surface area contributed by atoms with Gasteiger partial charge in [0, 0.05) is 18.1 Å². The second kappa shape index (κ2) is 6.93. The maximum absolute atomic E-state index is 12.8. The number of phenolic OH excluding ortho intramolecular Hbond substituents is 3. The summed E-state index contributed by atoms with van der Waals surface area (Å²) >= 11 is 0. The van der Waals surface area contributed by atoms with Gasteiger partial charge in [-0.3, -0.25) is 4.79 Å². The van der Waals surface area contributed by atoms with E-state index in [0.29, 0.717) is 12.0 Å². The normalized spacial score (nSPS) is 15.8. The number of hydrogen-bond acceptors (Lipinski definition) is 5. The van der Waals surface area contributed by atoms with Crippen LogP contribution in [0.15, 0.2) is 54.6 Å². The summed E-state index contributed by atoms with van der Waals surface area (Å²) in [6.07, 6.45) is -0.121. The van der Waals surface area contributed by atoms with Gasteiger partial charge in [-0.15, -0.1) is 0 Å². The molecule has 0 aromatic heterocycles. The van der Waals surface area contributed by atoms with E-state index in [0.717, 1.165) is 16.7 Å². The zero-order valence-corrected chi connectivity index (χ0v) is 15.3. The number of ether oxygens (including phenoxy) is 1. The van der Waals surface area contributed by atoms with Crippen molar-refractivity contribution in [1.29, 1.82) is 0 Å². The quantitative estimate of drug-likeness (QED) is 0.630. The highest BCUT2D eigenvalue weighted by atomic mass is 16.5. The van der Waals surface area contributed by atoms with Crippen LogP contribution in [-0.4, -0.2) is 21.1 Å².